The average Bonchev–Trinajstić information content (AvgIpc) is 3.33. The highest BCUT2D eigenvalue weighted by Crippen LogP contribution is 2.34. The van der Waals surface area contributed by atoms with Crippen molar-refractivity contribution in [2.45, 2.75) is 37.9 Å². The fourth-order valence-electron chi connectivity index (χ4n) is 3.35. The van der Waals surface area contributed by atoms with Crippen molar-refractivity contribution in [1.82, 2.24) is 30.2 Å². The number of aromatic nitrogens is 4. The molecule has 4 heterocycles. The van der Waals surface area contributed by atoms with Crippen molar-refractivity contribution in [3.63, 3.8) is 0 Å². The second-order valence-corrected chi connectivity index (χ2v) is 10.3. The van der Waals surface area contributed by atoms with Gasteiger partial charge in [-0.05, 0) is 69.8 Å². The number of nitrogens with zero attached hydrogens (tertiary/aromatic N) is 5. The zero-order chi connectivity index (χ0) is 24.3. The van der Waals surface area contributed by atoms with Gasteiger partial charge in [-0.2, -0.15) is 0 Å². The van der Waals surface area contributed by atoms with E-state index < -0.39 is 0 Å². The van der Waals surface area contributed by atoms with Gasteiger partial charge in [-0.15, -0.1) is 11.3 Å². The number of ether oxygens (including phenoxy) is 1. The Hall–Kier alpha value is -2.76. The van der Waals surface area contributed by atoms with Gasteiger partial charge in [0.25, 0.3) is 5.91 Å². The van der Waals surface area contributed by atoms with Crippen LogP contribution in [0.3, 0.4) is 0 Å². The quantitative estimate of drug-likeness (QED) is 0.387. The second-order valence-electron chi connectivity index (χ2n) is 8.17. The van der Waals surface area contributed by atoms with E-state index in [-0.39, 0.29) is 5.91 Å². The monoisotopic (exact) mass is 513 g/mol. The maximum Gasteiger partial charge on any atom is 0.280 e. The smallest absolute Gasteiger partial charge is 0.280 e. The molecular weight excluding hydrogens is 482 g/mol. The first-order chi connectivity index (χ1) is 17.2. The molecule has 35 heavy (non-hydrogen) atoms. The molecule has 0 bridgehead atoms. The van der Waals surface area contributed by atoms with Crippen molar-refractivity contribution in [1.29, 1.82) is 0 Å². The molecule has 0 unspecified atom stereocenters. The lowest BCUT2D eigenvalue weighted by atomic mass is 10.4. The maximum atomic E-state index is 12.2. The third-order valence-electron chi connectivity index (χ3n) is 5.32. The molecule has 0 radical (unpaired) electrons. The molecule has 1 aliphatic heterocycles. The van der Waals surface area contributed by atoms with Crippen LogP contribution < -0.4 is 14.8 Å². The van der Waals surface area contributed by atoms with E-state index in [2.05, 4.69) is 34.9 Å². The molecule has 2 N–H and O–H groups in total. The van der Waals surface area contributed by atoms with Crippen molar-refractivity contribution < 1.29 is 9.53 Å². The fourth-order valence-corrected chi connectivity index (χ4v) is 4.95. The van der Waals surface area contributed by atoms with Gasteiger partial charge in [0.1, 0.15) is 5.69 Å². The molecule has 5 rings (SSSR count). The third-order valence-corrected chi connectivity index (χ3v) is 7.49. The number of thiazole rings is 1. The zero-order valence-electron chi connectivity index (χ0n) is 19.9. The van der Waals surface area contributed by atoms with Crippen LogP contribution >= 0.6 is 23.3 Å². The normalized spacial score (nSPS) is 15.2. The van der Waals surface area contributed by atoms with Crippen LogP contribution in [0.5, 0.6) is 5.88 Å². The van der Waals surface area contributed by atoms with E-state index in [4.69, 9.17) is 4.74 Å². The molecular formula is C24H31N7O2S2. The number of amides is 1. The molecule has 1 aliphatic carbocycles. The molecule has 2 fully saturated rings. The minimum absolute atomic E-state index is 0.139. The van der Waals surface area contributed by atoms with Gasteiger partial charge in [0, 0.05) is 42.6 Å². The third kappa shape index (κ3) is 8.44. The Morgan fingerprint density at radius 2 is 1.97 bits per heavy atom. The summed E-state index contributed by atoms with van der Waals surface area (Å²) in [6.45, 7) is 6.23. The Balaban J connectivity index is 0.000000218. The van der Waals surface area contributed by atoms with E-state index in [0.29, 0.717) is 29.7 Å². The van der Waals surface area contributed by atoms with Crippen molar-refractivity contribution in [3.8, 4) is 16.5 Å². The first kappa shape index (κ1) is 25.3. The van der Waals surface area contributed by atoms with Crippen LogP contribution in [0.25, 0.3) is 10.6 Å². The van der Waals surface area contributed by atoms with Crippen LogP contribution in [0.2, 0.25) is 0 Å². The average molecular weight is 514 g/mol. The van der Waals surface area contributed by atoms with E-state index in [1.165, 1.54) is 37.0 Å². The molecule has 1 saturated heterocycles. The van der Waals surface area contributed by atoms with Crippen molar-refractivity contribution >= 4 is 34.9 Å². The highest BCUT2D eigenvalue weighted by atomic mass is 32.2. The van der Waals surface area contributed by atoms with Crippen LogP contribution in [0, 0.1) is 0 Å². The largest absolute Gasteiger partial charge is 0.477 e. The van der Waals surface area contributed by atoms with Gasteiger partial charge >= 0.3 is 0 Å². The van der Waals surface area contributed by atoms with Crippen molar-refractivity contribution in [2.75, 3.05) is 37.5 Å². The van der Waals surface area contributed by atoms with Crippen molar-refractivity contribution in [2.24, 2.45) is 0 Å². The summed E-state index contributed by atoms with van der Waals surface area (Å²) >= 11 is 3.13. The Bertz CT molecular complexity index is 1060. The van der Waals surface area contributed by atoms with E-state index in [0.717, 1.165) is 35.4 Å². The van der Waals surface area contributed by atoms with Gasteiger partial charge in [0.2, 0.25) is 5.88 Å². The van der Waals surface area contributed by atoms with Gasteiger partial charge in [0.05, 0.1) is 23.9 Å². The second kappa shape index (κ2) is 13.4. The Morgan fingerprint density at radius 3 is 2.71 bits per heavy atom. The highest BCUT2D eigenvalue weighted by Gasteiger charge is 2.21. The summed E-state index contributed by atoms with van der Waals surface area (Å²) in [5, 5.41) is 4.22. The van der Waals surface area contributed by atoms with Crippen LogP contribution in [0.15, 0.2) is 43.1 Å². The summed E-state index contributed by atoms with van der Waals surface area (Å²) in [6.07, 6.45) is 13.7. The van der Waals surface area contributed by atoms with Gasteiger partial charge in [-0.25, -0.2) is 9.97 Å². The number of likely N-dealkylation sites (tertiary alicyclic amines) is 1. The number of nitrogens with one attached hydrogen (secondary N) is 2. The number of carbonyl (C=O) groups is 1. The fraction of sp³-hybridized carbons (Fsp3) is 0.458. The summed E-state index contributed by atoms with van der Waals surface area (Å²) < 4.78 is 8.63. The van der Waals surface area contributed by atoms with E-state index in [9.17, 15) is 4.79 Å². The van der Waals surface area contributed by atoms with E-state index in [1.807, 2.05) is 31.0 Å². The minimum atomic E-state index is -0.139. The number of hydrogen-bond acceptors (Lipinski definition) is 10. The molecule has 2 aliphatic rings. The molecule has 0 spiro atoms. The lowest BCUT2D eigenvalue weighted by molar-refractivity contribution is 0.0949. The van der Waals surface area contributed by atoms with Crippen LogP contribution in [0.4, 0.5) is 5.69 Å². The molecule has 9 nitrogen and oxygen atoms in total. The number of pyridine rings is 1. The molecule has 0 atom stereocenters. The van der Waals surface area contributed by atoms with Crippen LogP contribution in [0.1, 0.15) is 42.4 Å². The molecule has 3 aromatic heterocycles. The van der Waals surface area contributed by atoms with E-state index in [1.54, 1.807) is 31.0 Å². The summed E-state index contributed by atoms with van der Waals surface area (Å²) in [5.41, 5.74) is 1.81. The summed E-state index contributed by atoms with van der Waals surface area (Å²) in [7, 11) is 0. The van der Waals surface area contributed by atoms with Crippen LogP contribution in [-0.4, -0.2) is 68.8 Å². The SMILES string of the molecule is CCOc1cncc(-c2cnc(C(=O)NCCN3CCCC3)s2)n1.c1cc(NSC2CC2)ccn1. The first-order valence-electron chi connectivity index (χ1n) is 11.9. The number of hydrogen-bond donors (Lipinski definition) is 2. The molecule has 3 aromatic rings. The molecule has 186 valence electrons. The Morgan fingerprint density at radius 1 is 1.17 bits per heavy atom. The maximum absolute atomic E-state index is 12.2. The zero-order valence-corrected chi connectivity index (χ0v) is 21.5. The summed E-state index contributed by atoms with van der Waals surface area (Å²) in [5.74, 6) is 0.333. The minimum Gasteiger partial charge on any atom is -0.477 e. The molecule has 1 amide bonds. The summed E-state index contributed by atoms with van der Waals surface area (Å²) in [6, 6.07) is 3.96. The molecule has 11 heteroatoms. The number of rotatable bonds is 10. The predicted octanol–water partition coefficient (Wildman–Crippen LogP) is 4.13. The predicted molar refractivity (Wildman–Crippen MR) is 141 cm³/mol. The lowest BCUT2D eigenvalue weighted by Crippen LogP contribution is -2.33. The summed E-state index contributed by atoms with van der Waals surface area (Å²) in [4.78, 5) is 32.0. The first-order valence-corrected chi connectivity index (χ1v) is 13.6. The van der Waals surface area contributed by atoms with Crippen LogP contribution in [-0.2, 0) is 0 Å². The standard InChI is InChI=1S/C16H21N5O2S.C8H10N2S/c1-2-23-14-11-17-9-12(20-14)13-10-19-16(24-13)15(22)18-5-8-21-6-3-4-7-21;1-2-8(1)11-10-7-3-5-9-6-4-7/h9-11H,2-8H2,1H3,(H,18,22);3-6,8H,1-2H2,(H,9,10). The van der Waals surface area contributed by atoms with E-state index >= 15 is 0 Å². The Labute approximate surface area is 214 Å². The lowest BCUT2D eigenvalue weighted by Gasteiger charge is -2.14. The van der Waals surface area contributed by atoms with Gasteiger partial charge in [-0.3, -0.25) is 14.8 Å². The number of carbonyl (C=O) groups excluding carboxylic acids is 1. The van der Waals surface area contributed by atoms with Gasteiger partial charge in [-0.1, -0.05) is 0 Å². The van der Waals surface area contributed by atoms with Gasteiger partial charge < -0.3 is 19.7 Å². The molecule has 1 saturated carbocycles. The topological polar surface area (TPSA) is 105 Å². The highest BCUT2D eigenvalue weighted by molar-refractivity contribution is 8.01. The Kier molecular flexibility index (Phi) is 9.67. The number of anilines is 1. The van der Waals surface area contributed by atoms with Crippen molar-refractivity contribution in [3.05, 3.63) is 48.1 Å². The van der Waals surface area contributed by atoms with Gasteiger partial charge in [0.15, 0.2) is 5.01 Å². The molecule has 0 aromatic carbocycles.